The Morgan fingerprint density at radius 1 is 1.12 bits per heavy atom. The Balaban J connectivity index is 2.04. The maximum absolute atomic E-state index is 12.4. The molecule has 1 atom stereocenters. The van der Waals surface area contributed by atoms with Gasteiger partial charge < -0.3 is 19.7 Å². The third-order valence-corrected chi connectivity index (χ3v) is 3.82. The third-order valence-electron chi connectivity index (χ3n) is 3.82. The number of rotatable bonds is 7. The van der Waals surface area contributed by atoms with Crippen LogP contribution in [0.3, 0.4) is 0 Å². The molecule has 5 nitrogen and oxygen atoms in total. The molecule has 128 valence electrons. The summed E-state index contributed by atoms with van der Waals surface area (Å²) in [7, 11) is 7.14. The topological polar surface area (TPSA) is 50.8 Å². The van der Waals surface area contributed by atoms with Crippen molar-refractivity contribution >= 4 is 11.6 Å². The molecule has 0 spiro atoms. The number of benzene rings is 2. The van der Waals surface area contributed by atoms with Crippen molar-refractivity contribution in [2.75, 3.05) is 39.8 Å². The fourth-order valence-corrected chi connectivity index (χ4v) is 2.39. The average Bonchev–Trinajstić information content (AvgIpc) is 2.62. The van der Waals surface area contributed by atoms with Gasteiger partial charge in [0.05, 0.1) is 13.2 Å². The molecule has 0 aromatic heterocycles. The summed E-state index contributed by atoms with van der Waals surface area (Å²) in [6, 6.07) is 15.1. The minimum absolute atomic E-state index is 0.122. The van der Waals surface area contributed by atoms with Crippen LogP contribution in [0.4, 0.5) is 5.69 Å². The van der Waals surface area contributed by atoms with E-state index in [1.165, 1.54) is 0 Å². The van der Waals surface area contributed by atoms with Crippen LogP contribution in [0.15, 0.2) is 48.5 Å². The van der Waals surface area contributed by atoms with E-state index in [9.17, 15) is 4.79 Å². The van der Waals surface area contributed by atoms with E-state index in [-0.39, 0.29) is 12.0 Å². The molecule has 0 fully saturated rings. The predicted octanol–water partition coefficient (Wildman–Crippen LogP) is 2.88. The number of anilines is 1. The molecule has 5 heteroatoms. The van der Waals surface area contributed by atoms with Gasteiger partial charge in [0.25, 0.3) is 5.91 Å². The van der Waals surface area contributed by atoms with Gasteiger partial charge in [-0.05, 0) is 35.9 Å². The summed E-state index contributed by atoms with van der Waals surface area (Å²) in [5.41, 5.74) is 2.57. The number of hydrogen-bond donors (Lipinski definition) is 1. The lowest BCUT2D eigenvalue weighted by molar-refractivity contribution is 0.0827. The maximum atomic E-state index is 12.4. The molecule has 1 N–H and O–H groups in total. The van der Waals surface area contributed by atoms with E-state index in [0.717, 1.165) is 17.0 Å². The van der Waals surface area contributed by atoms with Crippen LogP contribution in [0, 0.1) is 0 Å². The van der Waals surface area contributed by atoms with Gasteiger partial charge in [-0.15, -0.1) is 0 Å². The molecule has 0 saturated carbocycles. The fourth-order valence-electron chi connectivity index (χ4n) is 2.39. The lowest BCUT2D eigenvalue weighted by Crippen LogP contribution is -2.29. The molecule has 1 amide bonds. The molecule has 2 rings (SSSR count). The molecule has 0 heterocycles. The number of hydrogen-bond acceptors (Lipinski definition) is 4. The highest BCUT2D eigenvalue weighted by Gasteiger charge is 2.14. The lowest BCUT2D eigenvalue weighted by Gasteiger charge is -2.18. The Bertz CT molecular complexity index is 686. The van der Waals surface area contributed by atoms with Crippen LogP contribution in [0.1, 0.15) is 22.0 Å². The average molecular weight is 328 g/mol. The molecule has 0 unspecified atom stereocenters. The number of nitrogens with zero attached hydrogens (tertiary/aromatic N) is 1. The zero-order valence-corrected chi connectivity index (χ0v) is 14.6. The zero-order chi connectivity index (χ0) is 17.5. The van der Waals surface area contributed by atoms with Crippen LogP contribution in [-0.4, -0.2) is 40.8 Å². The monoisotopic (exact) mass is 328 g/mol. The van der Waals surface area contributed by atoms with Gasteiger partial charge in [-0.25, -0.2) is 0 Å². The largest absolute Gasteiger partial charge is 0.497 e. The second-order valence-electron chi connectivity index (χ2n) is 5.66. The van der Waals surface area contributed by atoms with E-state index < -0.39 is 0 Å². The van der Waals surface area contributed by atoms with Gasteiger partial charge in [0.1, 0.15) is 5.75 Å². The van der Waals surface area contributed by atoms with Gasteiger partial charge in [0.15, 0.2) is 0 Å². The van der Waals surface area contributed by atoms with Crippen LogP contribution in [0.5, 0.6) is 5.75 Å². The molecule has 0 aliphatic rings. The summed E-state index contributed by atoms with van der Waals surface area (Å²) in [6.07, 6.45) is -0.235. The summed E-state index contributed by atoms with van der Waals surface area (Å²) in [5, 5.41) is 2.93. The summed E-state index contributed by atoms with van der Waals surface area (Å²) >= 11 is 0. The summed E-state index contributed by atoms with van der Waals surface area (Å²) < 4.78 is 10.7. The van der Waals surface area contributed by atoms with Gasteiger partial charge in [-0.2, -0.15) is 0 Å². The number of carbonyl (C=O) groups excluding carboxylic acids is 1. The van der Waals surface area contributed by atoms with Gasteiger partial charge >= 0.3 is 0 Å². The summed E-state index contributed by atoms with van der Waals surface area (Å²) in [6.45, 7) is 0.384. The Morgan fingerprint density at radius 3 is 2.54 bits per heavy atom. The molecule has 0 bridgehead atoms. The first-order valence-corrected chi connectivity index (χ1v) is 7.77. The molecule has 0 saturated heterocycles. The molecule has 24 heavy (non-hydrogen) atoms. The summed E-state index contributed by atoms with van der Waals surface area (Å²) in [4.78, 5) is 14.3. The number of carbonyl (C=O) groups is 1. The van der Waals surface area contributed by atoms with Crippen molar-refractivity contribution in [3.63, 3.8) is 0 Å². The highest BCUT2D eigenvalue weighted by atomic mass is 16.5. The number of methoxy groups -OCH3 is 2. The van der Waals surface area contributed by atoms with Gasteiger partial charge in [-0.1, -0.05) is 18.2 Å². The minimum atomic E-state index is -0.235. The van der Waals surface area contributed by atoms with E-state index in [4.69, 9.17) is 9.47 Å². The Morgan fingerprint density at radius 2 is 1.88 bits per heavy atom. The first kappa shape index (κ1) is 17.8. The Hall–Kier alpha value is -2.53. The van der Waals surface area contributed by atoms with E-state index in [2.05, 4.69) is 5.32 Å². The second kappa shape index (κ2) is 8.36. The van der Waals surface area contributed by atoms with Gasteiger partial charge in [0.2, 0.25) is 0 Å². The van der Waals surface area contributed by atoms with E-state index in [1.54, 1.807) is 20.3 Å². The maximum Gasteiger partial charge on any atom is 0.251 e. The molecule has 0 radical (unpaired) electrons. The van der Waals surface area contributed by atoms with E-state index in [1.807, 2.05) is 61.5 Å². The first-order valence-electron chi connectivity index (χ1n) is 7.77. The van der Waals surface area contributed by atoms with E-state index >= 15 is 0 Å². The lowest BCUT2D eigenvalue weighted by atomic mass is 10.1. The predicted molar refractivity (Wildman–Crippen MR) is 95.8 cm³/mol. The SMILES string of the molecule is COc1cccc([C@@H](CNC(=O)c2cccc(N(C)C)c2)OC)c1. The van der Waals surface area contributed by atoms with Crippen molar-refractivity contribution in [3.05, 3.63) is 59.7 Å². The number of amides is 1. The fraction of sp³-hybridized carbons (Fsp3) is 0.316. The minimum Gasteiger partial charge on any atom is -0.497 e. The van der Waals surface area contributed by atoms with Crippen molar-refractivity contribution < 1.29 is 14.3 Å². The standard InChI is InChI=1S/C19H24N2O3/c1-21(2)16-9-5-8-15(11-16)19(22)20-13-18(24-4)14-7-6-10-17(12-14)23-3/h5-12,18H,13H2,1-4H3,(H,20,22)/t18-/m1/s1. The van der Waals surface area contributed by atoms with Crippen molar-refractivity contribution in [2.45, 2.75) is 6.10 Å². The van der Waals surface area contributed by atoms with Crippen molar-refractivity contribution in [1.82, 2.24) is 5.32 Å². The molecule has 2 aromatic carbocycles. The first-order chi connectivity index (χ1) is 11.5. The van der Waals surface area contributed by atoms with Gasteiger partial charge in [0, 0.05) is 39.0 Å². The highest BCUT2D eigenvalue weighted by molar-refractivity contribution is 5.95. The molecular weight excluding hydrogens is 304 g/mol. The molecular formula is C19H24N2O3. The molecule has 0 aliphatic carbocycles. The normalized spacial score (nSPS) is 11.7. The smallest absolute Gasteiger partial charge is 0.251 e. The Labute approximate surface area is 143 Å². The van der Waals surface area contributed by atoms with Crippen LogP contribution in [0.2, 0.25) is 0 Å². The van der Waals surface area contributed by atoms with Crippen LogP contribution in [-0.2, 0) is 4.74 Å². The molecule has 0 aliphatic heterocycles. The van der Waals surface area contributed by atoms with Crippen molar-refractivity contribution in [1.29, 1.82) is 0 Å². The number of nitrogens with one attached hydrogen (secondary N) is 1. The van der Waals surface area contributed by atoms with Gasteiger partial charge in [-0.3, -0.25) is 4.79 Å². The van der Waals surface area contributed by atoms with Crippen LogP contribution >= 0.6 is 0 Å². The van der Waals surface area contributed by atoms with Crippen molar-refractivity contribution in [2.24, 2.45) is 0 Å². The Kier molecular flexibility index (Phi) is 6.21. The van der Waals surface area contributed by atoms with Crippen LogP contribution in [0.25, 0.3) is 0 Å². The summed E-state index contributed by atoms with van der Waals surface area (Å²) in [5.74, 6) is 0.642. The third kappa shape index (κ3) is 4.49. The molecule has 2 aromatic rings. The highest BCUT2D eigenvalue weighted by Crippen LogP contribution is 2.21. The second-order valence-corrected chi connectivity index (χ2v) is 5.66. The van der Waals surface area contributed by atoms with Crippen molar-refractivity contribution in [3.8, 4) is 5.75 Å². The van der Waals surface area contributed by atoms with Crippen LogP contribution < -0.4 is 15.0 Å². The van der Waals surface area contributed by atoms with E-state index in [0.29, 0.717) is 12.1 Å². The zero-order valence-electron chi connectivity index (χ0n) is 14.6. The quantitative estimate of drug-likeness (QED) is 0.849. The number of ether oxygens (including phenoxy) is 2.